The minimum atomic E-state index is -0.273. The Morgan fingerprint density at radius 2 is 2.00 bits per heavy atom. The van der Waals surface area contributed by atoms with Crippen molar-refractivity contribution in [3.05, 3.63) is 29.8 Å². The number of phenols is 1. The lowest BCUT2D eigenvalue weighted by atomic mass is 10.1. The molecule has 5 N–H and O–H groups in total. The molecule has 0 aromatic heterocycles. The molecule has 1 aromatic carbocycles. The molecule has 1 heterocycles. The fraction of sp³-hybridized carbons (Fsp3) is 0.529. The second kappa shape index (κ2) is 9.12. The predicted molar refractivity (Wildman–Crippen MR) is 94.7 cm³/mol. The molecule has 7 heteroatoms. The first-order chi connectivity index (χ1) is 11.6. The number of nitrogens with one attached hydrogen (secondary N) is 2. The number of nitrogens with two attached hydrogens (primary N) is 1. The van der Waals surface area contributed by atoms with E-state index >= 15 is 0 Å². The highest BCUT2D eigenvalue weighted by molar-refractivity contribution is 5.80. The summed E-state index contributed by atoms with van der Waals surface area (Å²) in [4.78, 5) is 17.7. The lowest BCUT2D eigenvalue weighted by molar-refractivity contribution is -0.119. The van der Waals surface area contributed by atoms with Gasteiger partial charge in [0.2, 0.25) is 5.91 Å². The minimum Gasteiger partial charge on any atom is -0.508 e. The summed E-state index contributed by atoms with van der Waals surface area (Å²) in [5.74, 6) is 0.777. The number of aromatic hydroxyl groups is 1. The fourth-order valence-corrected chi connectivity index (χ4v) is 2.74. The predicted octanol–water partition coefficient (Wildman–Crippen LogP) is 0.397. The van der Waals surface area contributed by atoms with Crippen LogP contribution in [0.15, 0.2) is 29.3 Å². The Balaban J connectivity index is 1.85. The van der Waals surface area contributed by atoms with E-state index in [1.54, 1.807) is 12.1 Å². The Morgan fingerprint density at radius 1 is 1.33 bits per heavy atom. The fourth-order valence-electron chi connectivity index (χ4n) is 2.74. The number of rotatable bonds is 6. The van der Waals surface area contributed by atoms with Gasteiger partial charge in [-0.2, -0.15) is 0 Å². The Kier molecular flexibility index (Phi) is 6.87. The van der Waals surface area contributed by atoms with E-state index in [9.17, 15) is 9.90 Å². The zero-order valence-electron chi connectivity index (χ0n) is 14.2. The molecule has 0 unspecified atom stereocenters. The van der Waals surface area contributed by atoms with Gasteiger partial charge in [-0.3, -0.25) is 9.69 Å². The Labute approximate surface area is 142 Å². The summed E-state index contributed by atoms with van der Waals surface area (Å²) in [6, 6.07) is 7.40. The number of carbonyl (C=O) groups is 1. The first kappa shape index (κ1) is 18.1. The van der Waals surface area contributed by atoms with Crippen molar-refractivity contribution in [2.75, 3.05) is 26.2 Å². The average Bonchev–Trinajstić information content (AvgIpc) is 2.55. The number of primary amides is 1. The van der Waals surface area contributed by atoms with Crippen LogP contribution >= 0.6 is 0 Å². The molecule has 0 aliphatic carbocycles. The maximum Gasteiger partial charge on any atom is 0.231 e. The summed E-state index contributed by atoms with van der Waals surface area (Å²) in [5.41, 5.74) is 6.28. The van der Waals surface area contributed by atoms with E-state index < -0.39 is 0 Å². The number of hydrogen-bond donors (Lipinski definition) is 4. The Bertz CT molecular complexity index is 551. The van der Waals surface area contributed by atoms with Crippen molar-refractivity contribution in [3.63, 3.8) is 0 Å². The summed E-state index contributed by atoms with van der Waals surface area (Å²) in [7, 11) is 0. The molecule has 1 aromatic rings. The lowest BCUT2D eigenvalue weighted by Crippen LogP contribution is -2.49. The summed E-state index contributed by atoms with van der Waals surface area (Å²) in [5, 5.41) is 16.0. The Morgan fingerprint density at radius 3 is 2.58 bits per heavy atom. The molecule has 1 aliphatic rings. The first-order valence-electron chi connectivity index (χ1n) is 8.40. The number of aliphatic imine (C=N–C) groups is 1. The molecular weight excluding hydrogens is 306 g/mol. The molecular formula is C17H27N5O2. The third kappa shape index (κ3) is 6.08. The number of amides is 1. The van der Waals surface area contributed by atoms with Crippen molar-refractivity contribution in [1.29, 1.82) is 0 Å². The zero-order chi connectivity index (χ0) is 17.4. The van der Waals surface area contributed by atoms with Crippen LogP contribution in [0.25, 0.3) is 0 Å². The summed E-state index contributed by atoms with van der Waals surface area (Å²) in [6.45, 7) is 5.43. The summed E-state index contributed by atoms with van der Waals surface area (Å²) < 4.78 is 0. The molecule has 0 spiro atoms. The SMILES string of the molecule is CCNC(=NCc1ccc(O)cc1)NC1CCN(CC(N)=O)CC1. The molecule has 0 atom stereocenters. The summed E-state index contributed by atoms with van der Waals surface area (Å²) >= 11 is 0. The monoisotopic (exact) mass is 333 g/mol. The largest absolute Gasteiger partial charge is 0.508 e. The second-order valence-corrected chi connectivity index (χ2v) is 6.02. The van der Waals surface area contributed by atoms with Gasteiger partial charge in [0.05, 0.1) is 13.1 Å². The van der Waals surface area contributed by atoms with E-state index in [2.05, 4.69) is 20.5 Å². The van der Waals surface area contributed by atoms with E-state index in [0.717, 1.165) is 44.0 Å². The van der Waals surface area contributed by atoms with Gasteiger partial charge in [0.25, 0.3) is 0 Å². The standard InChI is InChI=1S/C17H27N5O2/c1-2-19-17(20-11-13-3-5-15(23)6-4-13)21-14-7-9-22(10-8-14)12-16(18)24/h3-6,14,23H,2,7-12H2,1H3,(H2,18,24)(H2,19,20,21). The van der Waals surface area contributed by atoms with E-state index in [4.69, 9.17) is 5.73 Å². The van der Waals surface area contributed by atoms with E-state index in [0.29, 0.717) is 19.1 Å². The van der Waals surface area contributed by atoms with Crippen LogP contribution in [-0.2, 0) is 11.3 Å². The highest BCUT2D eigenvalue weighted by Gasteiger charge is 2.20. The van der Waals surface area contributed by atoms with Gasteiger partial charge in [-0.1, -0.05) is 12.1 Å². The number of phenolic OH excluding ortho intramolecular Hbond substituents is 1. The molecule has 132 valence electrons. The van der Waals surface area contributed by atoms with Crippen molar-refractivity contribution < 1.29 is 9.90 Å². The van der Waals surface area contributed by atoms with Gasteiger partial charge in [-0.15, -0.1) is 0 Å². The number of piperidine rings is 1. The number of guanidine groups is 1. The van der Waals surface area contributed by atoms with Gasteiger partial charge in [0, 0.05) is 25.7 Å². The minimum absolute atomic E-state index is 0.260. The highest BCUT2D eigenvalue weighted by Crippen LogP contribution is 2.11. The maximum absolute atomic E-state index is 11.0. The molecule has 1 fully saturated rings. The molecule has 0 saturated carbocycles. The van der Waals surface area contributed by atoms with Gasteiger partial charge < -0.3 is 21.5 Å². The molecule has 1 amide bonds. The van der Waals surface area contributed by atoms with Crippen molar-refractivity contribution >= 4 is 11.9 Å². The lowest BCUT2D eigenvalue weighted by Gasteiger charge is -2.32. The highest BCUT2D eigenvalue weighted by atomic mass is 16.3. The number of likely N-dealkylation sites (tertiary alicyclic amines) is 1. The van der Waals surface area contributed by atoms with Gasteiger partial charge >= 0.3 is 0 Å². The van der Waals surface area contributed by atoms with Crippen LogP contribution in [0.1, 0.15) is 25.3 Å². The van der Waals surface area contributed by atoms with Crippen LogP contribution in [0.3, 0.4) is 0 Å². The Hall–Kier alpha value is -2.28. The molecule has 24 heavy (non-hydrogen) atoms. The van der Waals surface area contributed by atoms with E-state index in [1.165, 1.54) is 0 Å². The van der Waals surface area contributed by atoms with Crippen molar-refractivity contribution in [2.24, 2.45) is 10.7 Å². The normalized spacial score (nSPS) is 16.8. The maximum atomic E-state index is 11.0. The third-order valence-corrected chi connectivity index (χ3v) is 4.01. The van der Waals surface area contributed by atoms with Gasteiger partial charge in [-0.05, 0) is 37.5 Å². The molecule has 0 radical (unpaired) electrons. The van der Waals surface area contributed by atoms with Crippen LogP contribution in [0, 0.1) is 0 Å². The van der Waals surface area contributed by atoms with Crippen molar-refractivity contribution in [2.45, 2.75) is 32.4 Å². The molecule has 1 aliphatic heterocycles. The molecule has 2 rings (SSSR count). The number of nitrogens with zero attached hydrogens (tertiary/aromatic N) is 2. The average molecular weight is 333 g/mol. The van der Waals surface area contributed by atoms with E-state index in [1.807, 2.05) is 19.1 Å². The number of carbonyl (C=O) groups excluding carboxylic acids is 1. The van der Waals surface area contributed by atoms with Gasteiger partial charge in [0.1, 0.15) is 5.75 Å². The number of benzene rings is 1. The third-order valence-electron chi connectivity index (χ3n) is 4.01. The molecule has 0 bridgehead atoms. The quantitative estimate of drug-likeness (QED) is 0.446. The van der Waals surface area contributed by atoms with Crippen molar-refractivity contribution in [3.8, 4) is 5.75 Å². The zero-order valence-corrected chi connectivity index (χ0v) is 14.2. The van der Waals surface area contributed by atoms with Gasteiger partial charge in [0.15, 0.2) is 5.96 Å². The van der Waals surface area contributed by atoms with Gasteiger partial charge in [-0.25, -0.2) is 4.99 Å². The second-order valence-electron chi connectivity index (χ2n) is 6.02. The van der Waals surface area contributed by atoms with E-state index in [-0.39, 0.29) is 11.7 Å². The van der Waals surface area contributed by atoms with Crippen LogP contribution < -0.4 is 16.4 Å². The van der Waals surface area contributed by atoms with Crippen LogP contribution in [0.2, 0.25) is 0 Å². The van der Waals surface area contributed by atoms with Crippen molar-refractivity contribution in [1.82, 2.24) is 15.5 Å². The number of hydrogen-bond acceptors (Lipinski definition) is 4. The molecule has 1 saturated heterocycles. The van der Waals surface area contributed by atoms with Crippen LogP contribution in [-0.4, -0.2) is 54.1 Å². The summed E-state index contributed by atoms with van der Waals surface area (Å²) in [6.07, 6.45) is 1.91. The molecule has 7 nitrogen and oxygen atoms in total. The van der Waals surface area contributed by atoms with Crippen LogP contribution in [0.4, 0.5) is 0 Å². The smallest absolute Gasteiger partial charge is 0.231 e. The first-order valence-corrected chi connectivity index (χ1v) is 8.40. The van der Waals surface area contributed by atoms with Crippen LogP contribution in [0.5, 0.6) is 5.75 Å². The topological polar surface area (TPSA) is 103 Å².